The lowest BCUT2D eigenvalue weighted by molar-refractivity contribution is 1.07. The molecule has 4 aromatic rings. The lowest BCUT2D eigenvalue weighted by Gasteiger charge is -2.06. The fourth-order valence-corrected chi connectivity index (χ4v) is 2.52. The van der Waals surface area contributed by atoms with E-state index in [2.05, 4.69) is 4.98 Å². The average Bonchev–Trinajstić information content (AvgIpc) is 2.47. The summed E-state index contributed by atoms with van der Waals surface area (Å²) < 4.78 is 1.62. The molecule has 0 radical (unpaired) electrons. The van der Waals surface area contributed by atoms with Crippen LogP contribution in [-0.2, 0) is 0 Å². The molecule has 0 bridgehead atoms. The Morgan fingerprint density at radius 1 is 0.895 bits per heavy atom. The van der Waals surface area contributed by atoms with Gasteiger partial charge in [-0.2, -0.15) is 0 Å². The summed E-state index contributed by atoms with van der Waals surface area (Å²) in [6.07, 6.45) is 1.60. The Balaban J connectivity index is 2.36. The Morgan fingerprint density at radius 3 is 2.53 bits per heavy atom. The van der Waals surface area contributed by atoms with Gasteiger partial charge in [-0.15, -0.1) is 0 Å². The largest absolute Gasteiger partial charge is 0.268 e. The van der Waals surface area contributed by atoms with Gasteiger partial charge in [0, 0.05) is 10.8 Å². The first-order valence-corrected chi connectivity index (χ1v) is 6.12. The molecule has 0 fully saturated rings. The molecule has 0 aliphatic heterocycles. The minimum absolute atomic E-state index is 0.0219. The smallest absolute Gasteiger partial charge is 0.264 e. The maximum atomic E-state index is 12.5. The molecule has 2 aromatic carbocycles. The number of pyridine rings is 1. The summed E-state index contributed by atoms with van der Waals surface area (Å²) in [5.41, 5.74) is 1.78. The van der Waals surface area contributed by atoms with E-state index in [4.69, 9.17) is 0 Å². The molecule has 0 aliphatic carbocycles. The third-order valence-corrected chi connectivity index (χ3v) is 3.45. The van der Waals surface area contributed by atoms with Crippen molar-refractivity contribution < 1.29 is 0 Å². The standard InChI is InChI=1S/C16H10N2O/c19-16-12-6-2-1-5-11(12)9-15-13-7-3-4-8-14(13)17-10-18(15)16/h1-10H. The van der Waals surface area contributed by atoms with Crippen LogP contribution in [0, 0.1) is 0 Å². The molecule has 19 heavy (non-hydrogen) atoms. The Kier molecular flexibility index (Phi) is 1.97. The van der Waals surface area contributed by atoms with E-state index in [1.165, 1.54) is 0 Å². The van der Waals surface area contributed by atoms with E-state index in [-0.39, 0.29) is 5.56 Å². The number of rotatable bonds is 0. The number of hydrogen-bond donors (Lipinski definition) is 0. The van der Waals surface area contributed by atoms with Gasteiger partial charge in [0.1, 0.15) is 6.33 Å². The van der Waals surface area contributed by atoms with Crippen molar-refractivity contribution in [3.8, 4) is 0 Å². The molecule has 2 aromatic heterocycles. The van der Waals surface area contributed by atoms with Crippen molar-refractivity contribution in [1.82, 2.24) is 9.38 Å². The lowest BCUT2D eigenvalue weighted by atomic mass is 10.1. The van der Waals surface area contributed by atoms with Gasteiger partial charge in [-0.05, 0) is 23.6 Å². The molecular formula is C16H10N2O. The topological polar surface area (TPSA) is 34.4 Å². The second-order valence-corrected chi connectivity index (χ2v) is 4.55. The van der Waals surface area contributed by atoms with Crippen molar-refractivity contribution in [2.24, 2.45) is 0 Å². The van der Waals surface area contributed by atoms with Crippen LogP contribution in [0.25, 0.3) is 27.2 Å². The SMILES string of the molecule is O=c1c2ccccc2cc2c3ccccc3ncn12. The van der Waals surface area contributed by atoms with Crippen LogP contribution in [0.5, 0.6) is 0 Å². The van der Waals surface area contributed by atoms with Gasteiger partial charge in [-0.3, -0.25) is 9.20 Å². The first-order chi connectivity index (χ1) is 9.34. The van der Waals surface area contributed by atoms with Gasteiger partial charge in [0.15, 0.2) is 0 Å². The molecular weight excluding hydrogens is 236 g/mol. The predicted molar refractivity (Wildman–Crippen MR) is 76.5 cm³/mol. The molecule has 0 saturated carbocycles. The summed E-state index contributed by atoms with van der Waals surface area (Å²) >= 11 is 0. The third kappa shape index (κ3) is 1.38. The number of benzene rings is 2. The van der Waals surface area contributed by atoms with E-state index in [1.807, 2.05) is 54.6 Å². The van der Waals surface area contributed by atoms with Gasteiger partial charge in [-0.25, -0.2) is 4.98 Å². The maximum Gasteiger partial charge on any atom is 0.264 e. The first kappa shape index (κ1) is 10.3. The van der Waals surface area contributed by atoms with Crippen LogP contribution in [0.1, 0.15) is 0 Å². The fourth-order valence-electron chi connectivity index (χ4n) is 2.52. The van der Waals surface area contributed by atoms with E-state index < -0.39 is 0 Å². The molecule has 4 rings (SSSR count). The third-order valence-electron chi connectivity index (χ3n) is 3.45. The van der Waals surface area contributed by atoms with Crippen LogP contribution >= 0.6 is 0 Å². The highest BCUT2D eigenvalue weighted by molar-refractivity contribution is 5.97. The number of para-hydroxylation sites is 1. The summed E-state index contributed by atoms with van der Waals surface area (Å²) in [6, 6.07) is 17.5. The molecule has 90 valence electrons. The van der Waals surface area contributed by atoms with Crippen molar-refractivity contribution in [2.75, 3.05) is 0 Å². The Hall–Kier alpha value is -2.68. The van der Waals surface area contributed by atoms with Crippen molar-refractivity contribution in [2.45, 2.75) is 0 Å². The molecule has 3 nitrogen and oxygen atoms in total. The molecule has 0 unspecified atom stereocenters. The number of hydrogen-bond acceptors (Lipinski definition) is 2. The number of nitrogens with zero attached hydrogens (tertiary/aromatic N) is 2. The fraction of sp³-hybridized carbons (Fsp3) is 0. The van der Waals surface area contributed by atoms with Crippen LogP contribution in [-0.4, -0.2) is 9.38 Å². The average molecular weight is 246 g/mol. The Bertz CT molecular complexity index is 986. The molecule has 0 aliphatic rings. The van der Waals surface area contributed by atoms with Crippen molar-refractivity contribution >= 4 is 27.2 Å². The van der Waals surface area contributed by atoms with Crippen molar-refractivity contribution in [3.05, 3.63) is 71.3 Å². The summed E-state index contributed by atoms with van der Waals surface area (Å²) in [7, 11) is 0. The Morgan fingerprint density at radius 2 is 1.63 bits per heavy atom. The highest BCUT2D eigenvalue weighted by Gasteiger charge is 2.06. The van der Waals surface area contributed by atoms with Crippen molar-refractivity contribution in [3.63, 3.8) is 0 Å². The molecule has 2 heterocycles. The van der Waals surface area contributed by atoms with Crippen LogP contribution in [0.4, 0.5) is 0 Å². The predicted octanol–water partition coefficient (Wildman–Crippen LogP) is 3.00. The molecule has 0 atom stereocenters. The highest BCUT2D eigenvalue weighted by Crippen LogP contribution is 2.19. The minimum atomic E-state index is -0.0219. The second kappa shape index (κ2) is 3.65. The molecule has 3 heteroatoms. The van der Waals surface area contributed by atoms with E-state index in [9.17, 15) is 4.79 Å². The maximum absolute atomic E-state index is 12.5. The first-order valence-electron chi connectivity index (χ1n) is 6.12. The van der Waals surface area contributed by atoms with E-state index >= 15 is 0 Å². The van der Waals surface area contributed by atoms with E-state index in [0.29, 0.717) is 0 Å². The second-order valence-electron chi connectivity index (χ2n) is 4.55. The van der Waals surface area contributed by atoms with Gasteiger partial charge < -0.3 is 0 Å². The van der Waals surface area contributed by atoms with Gasteiger partial charge in [0.2, 0.25) is 0 Å². The summed E-state index contributed by atoms with van der Waals surface area (Å²) in [6.45, 7) is 0. The quantitative estimate of drug-likeness (QED) is 0.353. The summed E-state index contributed by atoms with van der Waals surface area (Å²) in [4.78, 5) is 16.8. The lowest BCUT2D eigenvalue weighted by Crippen LogP contribution is -2.14. The van der Waals surface area contributed by atoms with Crippen LogP contribution in [0.15, 0.2) is 65.7 Å². The molecule has 0 N–H and O–H groups in total. The van der Waals surface area contributed by atoms with Gasteiger partial charge in [0.05, 0.1) is 11.0 Å². The summed E-state index contributed by atoms with van der Waals surface area (Å²) in [5.74, 6) is 0. The summed E-state index contributed by atoms with van der Waals surface area (Å²) in [5, 5.41) is 2.67. The van der Waals surface area contributed by atoms with Gasteiger partial charge >= 0.3 is 0 Å². The highest BCUT2D eigenvalue weighted by atomic mass is 16.1. The zero-order valence-corrected chi connectivity index (χ0v) is 10.1. The van der Waals surface area contributed by atoms with Gasteiger partial charge in [0.25, 0.3) is 5.56 Å². The zero-order valence-electron chi connectivity index (χ0n) is 10.1. The number of fused-ring (bicyclic) bond motifs is 4. The molecule has 0 amide bonds. The normalized spacial score (nSPS) is 11.4. The zero-order chi connectivity index (χ0) is 12.8. The number of aromatic nitrogens is 2. The van der Waals surface area contributed by atoms with Crippen LogP contribution in [0.3, 0.4) is 0 Å². The van der Waals surface area contributed by atoms with Crippen LogP contribution in [0.2, 0.25) is 0 Å². The van der Waals surface area contributed by atoms with E-state index in [1.54, 1.807) is 10.7 Å². The molecule has 0 saturated heterocycles. The Labute approximate surface area is 108 Å². The van der Waals surface area contributed by atoms with Gasteiger partial charge in [-0.1, -0.05) is 36.4 Å². The van der Waals surface area contributed by atoms with Crippen LogP contribution < -0.4 is 5.56 Å². The molecule has 0 spiro atoms. The van der Waals surface area contributed by atoms with E-state index in [0.717, 1.165) is 27.2 Å². The monoisotopic (exact) mass is 246 g/mol. The minimum Gasteiger partial charge on any atom is -0.268 e. The van der Waals surface area contributed by atoms with Crippen molar-refractivity contribution in [1.29, 1.82) is 0 Å².